The van der Waals surface area contributed by atoms with Gasteiger partial charge in [-0.15, -0.1) is 0 Å². The van der Waals surface area contributed by atoms with E-state index in [0.29, 0.717) is 13.0 Å². The molecular weight excluding hydrogens is 376 g/mol. The number of rotatable bonds is 8. The molecule has 160 valence electrons. The van der Waals surface area contributed by atoms with Crippen molar-refractivity contribution < 1.29 is 9.53 Å². The average molecular weight is 409 g/mol. The topological polar surface area (TPSA) is 66.0 Å². The van der Waals surface area contributed by atoms with Crippen molar-refractivity contribution in [2.24, 2.45) is 4.99 Å². The molecule has 1 amide bonds. The molecule has 2 aromatic carbocycles. The van der Waals surface area contributed by atoms with Gasteiger partial charge in [0, 0.05) is 37.7 Å². The van der Waals surface area contributed by atoms with Crippen LogP contribution in [0.1, 0.15) is 43.7 Å². The average Bonchev–Trinajstić information content (AvgIpc) is 3.21. The number of ether oxygens (including phenoxy) is 1. The van der Waals surface area contributed by atoms with Gasteiger partial charge < -0.3 is 20.3 Å². The van der Waals surface area contributed by atoms with E-state index in [1.54, 1.807) is 7.11 Å². The fourth-order valence-corrected chi connectivity index (χ4v) is 3.65. The Kier molecular flexibility index (Phi) is 7.71. The number of nitrogens with zero attached hydrogens (tertiary/aromatic N) is 2. The minimum atomic E-state index is 0.212. The van der Waals surface area contributed by atoms with Crippen molar-refractivity contribution >= 4 is 17.6 Å². The highest BCUT2D eigenvalue weighted by atomic mass is 16.5. The van der Waals surface area contributed by atoms with E-state index in [1.165, 1.54) is 5.56 Å². The van der Waals surface area contributed by atoms with Crippen molar-refractivity contribution in [3.05, 3.63) is 59.7 Å². The molecule has 1 unspecified atom stereocenters. The monoisotopic (exact) mass is 408 g/mol. The zero-order valence-electron chi connectivity index (χ0n) is 18.1. The number of methoxy groups -OCH3 is 1. The van der Waals surface area contributed by atoms with Gasteiger partial charge in [0.05, 0.1) is 13.7 Å². The van der Waals surface area contributed by atoms with E-state index in [9.17, 15) is 4.79 Å². The van der Waals surface area contributed by atoms with Crippen molar-refractivity contribution in [1.29, 1.82) is 0 Å². The maximum Gasteiger partial charge on any atom is 0.227 e. The van der Waals surface area contributed by atoms with Crippen LogP contribution in [0.25, 0.3) is 0 Å². The molecule has 0 aliphatic carbocycles. The first-order valence-electron chi connectivity index (χ1n) is 10.7. The van der Waals surface area contributed by atoms with Crippen molar-refractivity contribution in [3.63, 3.8) is 0 Å². The SMILES string of the molecule is CCNC(=NCc1ccc(N2CCCC2=O)cc1)NCC(C)c1ccccc1OC. The third-order valence-corrected chi connectivity index (χ3v) is 5.33. The second-order valence-corrected chi connectivity index (χ2v) is 7.53. The highest BCUT2D eigenvalue weighted by Crippen LogP contribution is 2.25. The van der Waals surface area contributed by atoms with E-state index < -0.39 is 0 Å². The highest BCUT2D eigenvalue weighted by Gasteiger charge is 2.21. The largest absolute Gasteiger partial charge is 0.496 e. The molecule has 2 aromatic rings. The summed E-state index contributed by atoms with van der Waals surface area (Å²) in [7, 11) is 1.70. The quantitative estimate of drug-likeness (QED) is 0.517. The van der Waals surface area contributed by atoms with Gasteiger partial charge in [0.25, 0.3) is 0 Å². The molecular formula is C24H32N4O2. The smallest absolute Gasteiger partial charge is 0.227 e. The predicted molar refractivity (Wildman–Crippen MR) is 122 cm³/mol. The molecule has 0 bridgehead atoms. The molecule has 1 aliphatic rings. The molecule has 30 heavy (non-hydrogen) atoms. The molecule has 6 heteroatoms. The number of anilines is 1. The lowest BCUT2D eigenvalue weighted by Gasteiger charge is -2.18. The summed E-state index contributed by atoms with van der Waals surface area (Å²) in [5.41, 5.74) is 3.26. The number of para-hydroxylation sites is 1. The van der Waals surface area contributed by atoms with E-state index in [0.717, 1.165) is 49.0 Å². The number of carbonyl (C=O) groups is 1. The van der Waals surface area contributed by atoms with Crippen molar-refractivity contribution in [3.8, 4) is 5.75 Å². The molecule has 0 radical (unpaired) electrons. The third-order valence-electron chi connectivity index (χ3n) is 5.33. The Labute approximate surface area is 179 Å². The van der Waals surface area contributed by atoms with Gasteiger partial charge in [0.1, 0.15) is 5.75 Å². The second-order valence-electron chi connectivity index (χ2n) is 7.53. The first-order chi connectivity index (χ1) is 14.6. The molecule has 1 heterocycles. The third kappa shape index (κ3) is 5.53. The summed E-state index contributed by atoms with van der Waals surface area (Å²) in [5, 5.41) is 6.74. The summed E-state index contributed by atoms with van der Waals surface area (Å²) < 4.78 is 5.48. The minimum absolute atomic E-state index is 0.212. The maximum absolute atomic E-state index is 11.9. The van der Waals surface area contributed by atoms with Crippen LogP contribution in [0.4, 0.5) is 5.69 Å². The lowest BCUT2D eigenvalue weighted by Crippen LogP contribution is -2.39. The van der Waals surface area contributed by atoms with Gasteiger partial charge in [-0.3, -0.25) is 4.79 Å². The van der Waals surface area contributed by atoms with E-state index in [-0.39, 0.29) is 11.8 Å². The Balaban J connectivity index is 1.59. The highest BCUT2D eigenvalue weighted by molar-refractivity contribution is 5.95. The predicted octanol–water partition coefficient (Wildman–Crippen LogP) is 3.68. The molecule has 1 fully saturated rings. The van der Waals surface area contributed by atoms with Crippen LogP contribution in [0.15, 0.2) is 53.5 Å². The fraction of sp³-hybridized carbons (Fsp3) is 0.417. The van der Waals surface area contributed by atoms with E-state index in [1.807, 2.05) is 47.4 Å². The second kappa shape index (κ2) is 10.7. The Morgan fingerprint density at radius 3 is 2.60 bits per heavy atom. The van der Waals surface area contributed by atoms with Crippen LogP contribution >= 0.6 is 0 Å². The molecule has 2 N–H and O–H groups in total. The van der Waals surface area contributed by atoms with Crippen molar-refractivity contribution in [2.45, 2.75) is 39.2 Å². The van der Waals surface area contributed by atoms with Crippen LogP contribution < -0.4 is 20.3 Å². The van der Waals surface area contributed by atoms with Crippen LogP contribution in [-0.4, -0.2) is 38.6 Å². The number of aliphatic imine (C=N–C) groups is 1. The number of guanidine groups is 1. The molecule has 1 aliphatic heterocycles. The lowest BCUT2D eigenvalue weighted by molar-refractivity contribution is -0.117. The number of amides is 1. The lowest BCUT2D eigenvalue weighted by atomic mass is 10.0. The Morgan fingerprint density at radius 2 is 1.93 bits per heavy atom. The Bertz CT molecular complexity index is 864. The van der Waals surface area contributed by atoms with E-state index in [2.05, 4.69) is 30.5 Å². The maximum atomic E-state index is 11.9. The fourth-order valence-electron chi connectivity index (χ4n) is 3.65. The summed E-state index contributed by atoms with van der Waals surface area (Å²) in [6.07, 6.45) is 1.59. The summed E-state index contributed by atoms with van der Waals surface area (Å²) >= 11 is 0. The summed E-state index contributed by atoms with van der Waals surface area (Å²) in [4.78, 5) is 18.5. The summed E-state index contributed by atoms with van der Waals surface area (Å²) in [6.45, 7) is 7.17. The van der Waals surface area contributed by atoms with E-state index in [4.69, 9.17) is 9.73 Å². The van der Waals surface area contributed by atoms with Gasteiger partial charge in [0.15, 0.2) is 5.96 Å². The van der Waals surface area contributed by atoms with Crippen molar-refractivity contribution in [1.82, 2.24) is 10.6 Å². The van der Waals surface area contributed by atoms with Gasteiger partial charge in [-0.05, 0) is 42.7 Å². The first-order valence-corrected chi connectivity index (χ1v) is 10.7. The molecule has 0 spiro atoms. The van der Waals surface area contributed by atoms with Crippen LogP contribution in [0.3, 0.4) is 0 Å². The number of benzene rings is 2. The van der Waals surface area contributed by atoms with Gasteiger partial charge in [-0.1, -0.05) is 37.3 Å². The molecule has 0 aromatic heterocycles. The Morgan fingerprint density at radius 1 is 1.17 bits per heavy atom. The van der Waals surface area contributed by atoms with Crippen LogP contribution in [0.2, 0.25) is 0 Å². The number of nitrogens with one attached hydrogen (secondary N) is 2. The summed E-state index contributed by atoms with van der Waals surface area (Å²) in [5.74, 6) is 2.19. The zero-order valence-corrected chi connectivity index (χ0v) is 18.1. The zero-order chi connectivity index (χ0) is 21.3. The van der Waals surface area contributed by atoms with Gasteiger partial charge in [0.2, 0.25) is 5.91 Å². The number of hydrogen-bond acceptors (Lipinski definition) is 3. The van der Waals surface area contributed by atoms with E-state index >= 15 is 0 Å². The van der Waals surface area contributed by atoms with Crippen molar-refractivity contribution in [2.75, 3.05) is 31.6 Å². The molecule has 1 atom stereocenters. The summed E-state index contributed by atoms with van der Waals surface area (Å²) in [6, 6.07) is 16.2. The van der Waals surface area contributed by atoms with Gasteiger partial charge in [-0.2, -0.15) is 0 Å². The molecule has 3 rings (SSSR count). The van der Waals surface area contributed by atoms with Crippen LogP contribution in [-0.2, 0) is 11.3 Å². The molecule has 1 saturated heterocycles. The number of carbonyl (C=O) groups excluding carboxylic acids is 1. The normalized spacial score (nSPS) is 15.2. The molecule has 0 saturated carbocycles. The Hall–Kier alpha value is -3.02. The first kappa shape index (κ1) is 21.7. The van der Waals surface area contributed by atoms with Crippen LogP contribution in [0.5, 0.6) is 5.75 Å². The molecule has 6 nitrogen and oxygen atoms in total. The number of hydrogen-bond donors (Lipinski definition) is 2. The standard InChI is InChI=1S/C24H32N4O2/c1-4-25-24(26-16-18(2)21-8-5-6-9-22(21)30-3)27-17-19-11-13-20(14-12-19)28-15-7-10-23(28)29/h5-6,8-9,11-14,18H,4,7,10,15-17H2,1-3H3,(H2,25,26,27). The van der Waals surface area contributed by atoms with Crippen LogP contribution in [0, 0.1) is 0 Å². The van der Waals surface area contributed by atoms with Gasteiger partial charge in [-0.25, -0.2) is 4.99 Å². The minimum Gasteiger partial charge on any atom is -0.496 e. The van der Waals surface area contributed by atoms with Gasteiger partial charge >= 0.3 is 0 Å².